The molecule has 3 N–H and O–H groups in total. The minimum atomic E-state index is -0.147. The van der Waals surface area contributed by atoms with Crippen LogP contribution in [0.15, 0.2) is 24.3 Å². The van der Waals surface area contributed by atoms with Gasteiger partial charge in [0, 0.05) is 12.0 Å². The van der Waals surface area contributed by atoms with Gasteiger partial charge in [-0.05, 0) is 19.9 Å². The van der Waals surface area contributed by atoms with E-state index in [0.717, 1.165) is 17.7 Å². The van der Waals surface area contributed by atoms with E-state index in [0.29, 0.717) is 0 Å². The Morgan fingerprint density at radius 1 is 1.43 bits per heavy atom. The summed E-state index contributed by atoms with van der Waals surface area (Å²) in [6, 6.07) is 8.21. The summed E-state index contributed by atoms with van der Waals surface area (Å²) in [5.41, 5.74) is 3.84. The molecule has 0 radical (unpaired) electrons. The van der Waals surface area contributed by atoms with Crippen molar-refractivity contribution >= 4 is 0 Å². The average molecular weight is 192 g/mol. The van der Waals surface area contributed by atoms with Crippen molar-refractivity contribution in [1.82, 2.24) is 5.43 Å². The molecule has 14 heavy (non-hydrogen) atoms. The van der Waals surface area contributed by atoms with Gasteiger partial charge in [0.25, 0.3) is 0 Å². The number of rotatable bonds is 1. The Morgan fingerprint density at radius 2 is 2.14 bits per heavy atom. The van der Waals surface area contributed by atoms with Crippen LogP contribution in [0.4, 0.5) is 0 Å². The lowest BCUT2D eigenvalue weighted by Gasteiger charge is -2.37. The average Bonchev–Trinajstić information content (AvgIpc) is 2.15. The number of nitrogens with one attached hydrogen (secondary N) is 1. The highest BCUT2D eigenvalue weighted by Gasteiger charge is 2.32. The third-order valence-electron chi connectivity index (χ3n) is 2.58. The molecule has 0 bridgehead atoms. The van der Waals surface area contributed by atoms with Gasteiger partial charge in [-0.25, -0.2) is 0 Å². The molecular weight excluding hydrogens is 176 g/mol. The zero-order valence-electron chi connectivity index (χ0n) is 8.58. The van der Waals surface area contributed by atoms with E-state index in [2.05, 4.69) is 25.3 Å². The summed E-state index contributed by atoms with van der Waals surface area (Å²) >= 11 is 0. The maximum Gasteiger partial charge on any atom is 0.124 e. The number of ether oxygens (including phenoxy) is 1. The Balaban J connectivity index is 2.41. The van der Waals surface area contributed by atoms with Crippen molar-refractivity contribution in [3.05, 3.63) is 29.8 Å². The second-order valence-electron chi connectivity index (χ2n) is 4.32. The second-order valence-corrected chi connectivity index (χ2v) is 4.32. The number of nitrogens with two attached hydrogens (primary N) is 1. The molecule has 1 heterocycles. The molecular formula is C11H16N2O. The molecule has 76 valence electrons. The Morgan fingerprint density at radius 3 is 2.86 bits per heavy atom. The van der Waals surface area contributed by atoms with Crippen molar-refractivity contribution in [2.75, 3.05) is 0 Å². The van der Waals surface area contributed by atoms with Crippen molar-refractivity contribution in [1.29, 1.82) is 0 Å². The molecule has 3 nitrogen and oxygen atoms in total. The van der Waals surface area contributed by atoms with Gasteiger partial charge >= 0.3 is 0 Å². The fraction of sp³-hybridized carbons (Fsp3) is 0.455. The lowest BCUT2D eigenvalue weighted by Crippen LogP contribution is -2.41. The highest BCUT2D eigenvalue weighted by molar-refractivity contribution is 5.38. The molecule has 0 saturated heterocycles. The summed E-state index contributed by atoms with van der Waals surface area (Å²) in [7, 11) is 0. The van der Waals surface area contributed by atoms with Crippen molar-refractivity contribution in [3.63, 3.8) is 0 Å². The molecule has 1 aliphatic heterocycles. The summed E-state index contributed by atoms with van der Waals surface area (Å²) < 4.78 is 5.86. The fourth-order valence-corrected chi connectivity index (χ4v) is 1.95. The number of fused-ring (bicyclic) bond motifs is 1. The molecule has 0 aromatic heterocycles. The Hall–Kier alpha value is -1.06. The van der Waals surface area contributed by atoms with E-state index in [1.54, 1.807) is 0 Å². The minimum Gasteiger partial charge on any atom is -0.487 e. The zero-order valence-corrected chi connectivity index (χ0v) is 8.58. The maximum atomic E-state index is 5.86. The van der Waals surface area contributed by atoms with Crippen molar-refractivity contribution in [2.45, 2.75) is 31.9 Å². The normalized spacial score (nSPS) is 23.8. The van der Waals surface area contributed by atoms with Crippen LogP contribution in [0.25, 0.3) is 0 Å². The van der Waals surface area contributed by atoms with Gasteiger partial charge in [0.15, 0.2) is 0 Å². The van der Waals surface area contributed by atoms with E-state index < -0.39 is 0 Å². The number of hydrogen-bond donors (Lipinski definition) is 2. The SMILES string of the molecule is CC1(C)CC(NN)c2ccccc2O1. The Labute approximate surface area is 84.2 Å². The van der Waals surface area contributed by atoms with Gasteiger partial charge in [0.05, 0.1) is 6.04 Å². The van der Waals surface area contributed by atoms with E-state index in [-0.39, 0.29) is 11.6 Å². The summed E-state index contributed by atoms with van der Waals surface area (Å²) in [5, 5.41) is 0. The van der Waals surface area contributed by atoms with Crippen LogP contribution in [-0.2, 0) is 0 Å². The van der Waals surface area contributed by atoms with E-state index in [4.69, 9.17) is 10.6 Å². The van der Waals surface area contributed by atoms with Crippen molar-refractivity contribution < 1.29 is 4.74 Å². The van der Waals surface area contributed by atoms with E-state index >= 15 is 0 Å². The largest absolute Gasteiger partial charge is 0.487 e. The predicted molar refractivity (Wildman–Crippen MR) is 55.8 cm³/mol. The zero-order chi connectivity index (χ0) is 10.2. The van der Waals surface area contributed by atoms with E-state index in [9.17, 15) is 0 Å². The first-order chi connectivity index (χ1) is 6.62. The van der Waals surface area contributed by atoms with Crippen molar-refractivity contribution in [3.8, 4) is 5.75 Å². The van der Waals surface area contributed by atoms with Gasteiger partial charge in [0.1, 0.15) is 11.4 Å². The topological polar surface area (TPSA) is 47.3 Å². The predicted octanol–water partition coefficient (Wildman–Crippen LogP) is 1.75. The van der Waals surface area contributed by atoms with Crippen LogP contribution < -0.4 is 16.0 Å². The van der Waals surface area contributed by atoms with Crippen LogP contribution in [0.5, 0.6) is 5.75 Å². The molecule has 3 heteroatoms. The molecule has 1 unspecified atom stereocenters. The standard InChI is InChI=1S/C11H16N2O/c1-11(2)7-9(13-12)8-5-3-4-6-10(8)14-11/h3-6,9,13H,7,12H2,1-2H3. The summed E-state index contributed by atoms with van der Waals surface area (Å²) in [5.74, 6) is 6.47. The maximum absolute atomic E-state index is 5.86. The Kier molecular flexibility index (Phi) is 2.21. The molecule has 1 aliphatic rings. The summed E-state index contributed by atoms with van der Waals surface area (Å²) in [6.45, 7) is 4.15. The van der Waals surface area contributed by atoms with Gasteiger partial charge in [-0.2, -0.15) is 0 Å². The molecule has 1 aromatic rings. The van der Waals surface area contributed by atoms with Gasteiger partial charge in [0.2, 0.25) is 0 Å². The molecule has 0 aliphatic carbocycles. The van der Waals surface area contributed by atoms with Crippen LogP contribution in [0.2, 0.25) is 0 Å². The molecule has 1 atom stereocenters. The summed E-state index contributed by atoms with van der Waals surface area (Å²) in [6.07, 6.45) is 0.889. The first-order valence-electron chi connectivity index (χ1n) is 4.86. The number of para-hydroxylation sites is 1. The monoisotopic (exact) mass is 192 g/mol. The van der Waals surface area contributed by atoms with Crippen LogP contribution in [0, 0.1) is 0 Å². The molecule has 0 fully saturated rings. The second kappa shape index (κ2) is 3.26. The quantitative estimate of drug-likeness (QED) is 0.526. The minimum absolute atomic E-state index is 0.147. The number of benzene rings is 1. The van der Waals surface area contributed by atoms with Gasteiger partial charge in [-0.3, -0.25) is 11.3 Å². The smallest absolute Gasteiger partial charge is 0.124 e. The number of hydrazine groups is 1. The fourth-order valence-electron chi connectivity index (χ4n) is 1.95. The molecule has 0 saturated carbocycles. The third-order valence-corrected chi connectivity index (χ3v) is 2.58. The highest BCUT2D eigenvalue weighted by atomic mass is 16.5. The highest BCUT2D eigenvalue weighted by Crippen LogP contribution is 2.38. The number of hydrogen-bond acceptors (Lipinski definition) is 3. The van der Waals surface area contributed by atoms with Gasteiger partial charge in [-0.15, -0.1) is 0 Å². The van der Waals surface area contributed by atoms with E-state index in [1.807, 2.05) is 18.2 Å². The molecule has 1 aromatic carbocycles. The first-order valence-corrected chi connectivity index (χ1v) is 4.86. The molecule has 2 rings (SSSR count). The summed E-state index contributed by atoms with van der Waals surface area (Å²) in [4.78, 5) is 0. The van der Waals surface area contributed by atoms with Crippen LogP contribution >= 0.6 is 0 Å². The van der Waals surface area contributed by atoms with Crippen LogP contribution in [0.1, 0.15) is 31.9 Å². The van der Waals surface area contributed by atoms with E-state index in [1.165, 1.54) is 0 Å². The van der Waals surface area contributed by atoms with Gasteiger partial charge < -0.3 is 4.74 Å². The first kappa shape index (κ1) is 9.49. The lowest BCUT2D eigenvalue weighted by atomic mass is 9.90. The van der Waals surface area contributed by atoms with Crippen molar-refractivity contribution in [2.24, 2.45) is 5.84 Å². The molecule has 0 amide bonds. The Bertz CT molecular complexity index is 336. The van der Waals surface area contributed by atoms with Crippen LogP contribution in [-0.4, -0.2) is 5.60 Å². The van der Waals surface area contributed by atoms with Crippen LogP contribution in [0.3, 0.4) is 0 Å². The lowest BCUT2D eigenvalue weighted by molar-refractivity contribution is 0.0661. The molecule has 0 spiro atoms. The van der Waals surface area contributed by atoms with Gasteiger partial charge in [-0.1, -0.05) is 18.2 Å². The third kappa shape index (κ3) is 1.61.